The molecule has 29 heavy (non-hydrogen) atoms. The number of hydrogen-bond donors (Lipinski definition) is 0. The van der Waals surface area contributed by atoms with Gasteiger partial charge in [0, 0.05) is 32.7 Å². The molecule has 0 unspecified atom stereocenters. The summed E-state index contributed by atoms with van der Waals surface area (Å²) in [5.41, 5.74) is 1.19. The summed E-state index contributed by atoms with van der Waals surface area (Å²) in [6, 6.07) is 6.50. The quantitative estimate of drug-likeness (QED) is 0.708. The summed E-state index contributed by atoms with van der Waals surface area (Å²) in [6.07, 6.45) is 1.99. The first-order chi connectivity index (χ1) is 14.0. The summed E-state index contributed by atoms with van der Waals surface area (Å²) in [7, 11) is 0. The number of piperazine rings is 1. The summed E-state index contributed by atoms with van der Waals surface area (Å²) in [5, 5.41) is 12.7. The lowest BCUT2D eigenvalue weighted by Crippen LogP contribution is -2.48. The van der Waals surface area contributed by atoms with Crippen molar-refractivity contribution >= 4 is 0 Å². The first kappa shape index (κ1) is 20.1. The highest BCUT2D eigenvalue weighted by atomic mass is 16.7. The van der Waals surface area contributed by atoms with Gasteiger partial charge in [-0.25, -0.2) is 4.68 Å². The maximum absolute atomic E-state index is 5.51. The molecule has 0 spiro atoms. The Morgan fingerprint density at radius 1 is 1.07 bits per heavy atom. The zero-order valence-corrected chi connectivity index (χ0v) is 18.0. The van der Waals surface area contributed by atoms with Gasteiger partial charge in [-0.05, 0) is 54.8 Å². The van der Waals surface area contributed by atoms with Gasteiger partial charge in [0.05, 0.1) is 11.6 Å². The topological polar surface area (TPSA) is 68.5 Å². The Balaban J connectivity index is 1.39. The predicted octanol–water partition coefficient (Wildman–Crippen LogP) is 2.82. The van der Waals surface area contributed by atoms with E-state index in [4.69, 9.17) is 9.47 Å². The monoisotopic (exact) mass is 400 g/mol. The second kappa shape index (κ2) is 8.28. The third kappa shape index (κ3) is 4.09. The molecule has 0 N–H and O–H groups in total. The highest BCUT2D eigenvalue weighted by Gasteiger charge is 2.32. The molecule has 2 aromatic rings. The van der Waals surface area contributed by atoms with E-state index in [9.17, 15) is 0 Å². The molecule has 0 aliphatic carbocycles. The number of benzene rings is 1. The van der Waals surface area contributed by atoms with Crippen LogP contribution in [-0.2, 0) is 12.1 Å². The van der Waals surface area contributed by atoms with Crippen molar-refractivity contribution in [1.29, 1.82) is 0 Å². The van der Waals surface area contributed by atoms with Crippen molar-refractivity contribution in [3.05, 3.63) is 29.6 Å². The van der Waals surface area contributed by atoms with Crippen LogP contribution in [0.15, 0.2) is 18.2 Å². The Morgan fingerprint density at radius 2 is 1.83 bits per heavy atom. The van der Waals surface area contributed by atoms with Gasteiger partial charge < -0.3 is 9.47 Å². The van der Waals surface area contributed by atoms with Crippen LogP contribution in [0.3, 0.4) is 0 Å². The van der Waals surface area contributed by atoms with Gasteiger partial charge in [-0.1, -0.05) is 19.9 Å². The van der Waals surface area contributed by atoms with Crippen LogP contribution in [0, 0.1) is 0 Å². The molecule has 4 rings (SSSR count). The molecular formula is C21H32N6O2. The van der Waals surface area contributed by atoms with E-state index in [1.165, 1.54) is 5.56 Å². The van der Waals surface area contributed by atoms with Crippen LogP contribution in [-0.4, -0.2) is 63.0 Å². The molecule has 2 aliphatic heterocycles. The van der Waals surface area contributed by atoms with Gasteiger partial charge in [-0.2, -0.15) is 0 Å². The minimum Gasteiger partial charge on any atom is -0.454 e. The minimum absolute atomic E-state index is 0.0760. The predicted molar refractivity (Wildman–Crippen MR) is 110 cm³/mol. The fraction of sp³-hybridized carbons (Fsp3) is 0.667. The SMILES string of the molecule is CC[C@@H](c1nnnn1C(C)(C)CC)N1CCN(Cc2ccc3c(c2)OCO3)CC1. The van der Waals surface area contributed by atoms with Gasteiger partial charge in [0.25, 0.3) is 0 Å². The molecule has 1 fully saturated rings. The average Bonchev–Trinajstić information content (AvgIpc) is 3.39. The van der Waals surface area contributed by atoms with Gasteiger partial charge in [-0.3, -0.25) is 9.80 Å². The second-order valence-corrected chi connectivity index (χ2v) is 8.54. The summed E-state index contributed by atoms with van der Waals surface area (Å²) >= 11 is 0. The lowest BCUT2D eigenvalue weighted by atomic mass is 10.0. The molecule has 1 atom stereocenters. The number of nitrogens with zero attached hydrogens (tertiary/aromatic N) is 6. The molecule has 3 heterocycles. The number of rotatable bonds is 7. The van der Waals surface area contributed by atoms with Crippen molar-refractivity contribution in [2.24, 2.45) is 0 Å². The van der Waals surface area contributed by atoms with Gasteiger partial charge in [0.1, 0.15) is 0 Å². The first-order valence-electron chi connectivity index (χ1n) is 10.7. The normalized spacial score (nSPS) is 18.9. The first-order valence-corrected chi connectivity index (χ1v) is 10.7. The lowest BCUT2D eigenvalue weighted by molar-refractivity contribution is 0.0812. The zero-order chi connectivity index (χ0) is 20.4. The maximum atomic E-state index is 5.51. The van der Waals surface area contributed by atoms with Crippen molar-refractivity contribution in [2.45, 2.75) is 58.7 Å². The highest BCUT2D eigenvalue weighted by molar-refractivity contribution is 5.44. The van der Waals surface area contributed by atoms with Gasteiger partial charge in [0.2, 0.25) is 6.79 Å². The average molecular weight is 401 g/mol. The van der Waals surface area contributed by atoms with Gasteiger partial charge >= 0.3 is 0 Å². The molecule has 1 aromatic carbocycles. The smallest absolute Gasteiger partial charge is 0.231 e. The van der Waals surface area contributed by atoms with E-state index in [1.54, 1.807) is 0 Å². The van der Waals surface area contributed by atoms with Crippen molar-refractivity contribution in [2.75, 3.05) is 33.0 Å². The van der Waals surface area contributed by atoms with Crippen LogP contribution in [0.5, 0.6) is 11.5 Å². The summed E-state index contributed by atoms with van der Waals surface area (Å²) in [5.74, 6) is 2.69. The largest absolute Gasteiger partial charge is 0.454 e. The van der Waals surface area contributed by atoms with E-state index in [-0.39, 0.29) is 11.6 Å². The van der Waals surface area contributed by atoms with Crippen LogP contribution >= 0.6 is 0 Å². The Hall–Kier alpha value is -2.19. The Kier molecular flexibility index (Phi) is 5.74. The van der Waals surface area contributed by atoms with Crippen LogP contribution in [0.4, 0.5) is 0 Å². The number of fused-ring (bicyclic) bond motifs is 1. The highest BCUT2D eigenvalue weighted by Crippen LogP contribution is 2.33. The van der Waals surface area contributed by atoms with Crippen molar-refractivity contribution in [1.82, 2.24) is 30.0 Å². The van der Waals surface area contributed by atoms with Crippen LogP contribution in [0.2, 0.25) is 0 Å². The van der Waals surface area contributed by atoms with E-state index in [0.717, 1.165) is 62.9 Å². The lowest BCUT2D eigenvalue weighted by Gasteiger charge is -2.39. The fourth-order valence-electron chi connectivity index (χ4n) is 4.12. The molecule has 8 heteroatoms. The minimum atomic E-state index is -0.0760. The van der Waals surface area contributed by atoms with E-state index < -0.39 is 0 Å². The molecule has 0 radical (unpaired) electrons. The fourth-order valence-corrected chi connectivity index (χ4v) is 4.12. The van der Waals surface area contributed by atoms with Crippen molar-refractivity contribution < 1.29 is 9.47 Å². The standard InChI is InChI=1S/C21H32N6O2/c1-5-17(20-22-23-24-27(20)21(3,4)6-2)26-11-9-25(10-12-26)14-16-7-8-18-19(13-16)29-15-28-18/h7-8,13,17H,5-6,9-12,14-15H2,1-4H3/t17-/m0/s1. The van der Waals surface area contributed by atoms with E-state index in [2.05, 4.69) is 65.2 Å². The molecule has 1 saturated heterocycles. The van der Waals surface area contributed by atoms with Crippen molar-refractivity contribution in [3.8, 4) is 11.5 Å². The van der Waals surface area contributed by atoms with Gasteiger partial charge in [-0.15, -0.1) is 5.10 Å². The van der Waals surface area contributed by atoms with Gasteiger partial charge in [0.15, 0.2) is 17.3 Å². The molecular weight excluding hydrogens is 368 g/mol. The van der Waals surface area contributed by atoms with Crippen LogP contribution in [0.1, 0.15) is 58.0 Å². The Labute approximate surface area is 172 Å². The molecule has 158 valence electrons. The number of hydrogen-bond acceptors (Lipinski definition) is 7. The number of ether oxygens (including phenoxy) is 2. The number of tetrazole rings is 1. The van der Waals surface area contributed by atoms with Crippen LogP contribution < -0.4 is 9.47 Å². The van der Waals surface area contributed by atoms with Crippen molar-refractivity contribution in [3.63, 3.8) is 0 Å². The Bertz CT molecular complexity index is 828. The molecule has 8 nitrogen and oxygen atoms in total. The number of aromatic nitrogens is 4. The summed E-state index contributed by atoms with van der Waals surface area (Å²) < 4.78 is 13.0. The summed E-state index contributed by atoms with van der Waals surface area (Å²) in [6.45, 7) is 14.2. The molecule has 1 aromatic heterocycles. The third-order valence-corrected chi connectivity index (χ3v) is 6.31. The molecule has 2 aliphatic rings. The van der Waals surface area contributed by atoms with E-state index in [0.29, 0.717) is 6.79 Å². The Morgan fingerprint density at radius 3 is 2.55 bits per heavy atom. The van der Waals surface area contributed by atoms with E-state index >= 15 is 0 Å². The zero-order valence-electron chi connectivity index (χ0n) is 18.0. The molecule has 0 bridgehead atoms. The van der Waals surface area contributed by atoms with Crippen LogP contribution in [0.25, 0.3) is 0 Å². The molecule has 0 amide bonds. The summed E-state index contributed by atoms with van der Waals surface area (Å²) in [4.78, 5) is 5.03. The van der Waals surface area contributed by atoms with E-state index in [1.807, 2.05) is 10.7 Å². The molecule has 0 saturated carbocycles. The maximum Gasteiger partial charge on any atom is 0.231 e. The third-order valence-electron chi connectivity index (χ3n) is 6.31. The second-order valence-electron chi connectivity index (χ2n) is 8.54.